The van der Waals surface area contributed by atoms with E-state index in [0.717, 1.165) is 18.2 Å². The molecule has 9 heteroatoms. The van der Waals surface area contributed by atoms with E-state index >= 15 is 0 Å². The van der Waals surface area contributed by atoms with Crippen LogP contribution in [0.15, 0.2) is 35.4 Å². The van der Waals surface area contributed by atoms with Gasteiger partial charge in [0.15, 0.2) is 5.78 Å². The summed E-state index contributed by atoms with van der Waals surface area (Å²) in [6, 6.07) is 4.25. The Balaban J connectivity index is 2.47. The second-order valence-electron chi connectivity index (χ2n) is 4.89. The maximum atomic E-state index is 13.4. The third kappa shape index (κ3) is 3.39. The van der Waals surface area contributed by atoms with Crippen molar-refractivity contribution in [3.05, 3.63) is 47.5 Å². The molecule has 1 amide bonds. The van der Waals surface area contributed by atoms with E-state index in [4.69, 9.17) is 5.73 Å². The van der Waals surface area contributed by atoms with Gasteiger partial charge in [-0.25, -0.2) is 12.8 Å². The zero-order chi connectivity index (χ0) is 17.4. The molecule has 0 radical (unpaired) electrons. The maximum Gasteiger partial charge on any atom is 0.265 e. The quantitative estimate of drug-likeness (QED) is 0.799. The molecule has 0 saturated carbocycles. The molecule has 1 aromatic heterocycles. The van der Waals surface area contributed by atoms with Crippen LogP contribution < -0.4 is 10.5 Å². The number of ketones is 1. The van der Waals surface area contributed by atoms with Crippen LogP contribution in [0.25, 0.3) is 0 Å². The van der Waals surface area contributed by atoms with Crippen molar-refractivity contribution in [1.82, 2.24) is 4.57 Å². The topological polar surface area (TPSA) is 111 Å². The lowest BCUT2D eigenvalue weighted by Gasteiger charge is -2.10. The van der Waals surface area contributed by atoms with E-state index in [0.29, 0.717) is 0 Å². The lowest BCUT2D eigenvalue weighted by molar-refractivity contribution is 0.0989. The number of halogens is 1. The molecule has 1 aromatic carbocycles. The van der Waals surface area contributed by atoms with Crippen LogP contribution >= 0.6 is 0 Å². The number of aromatic nitrogens is 1. The Bertz CT molecular complexity index is 903. The first-order chi connectivity index (χ1) is 10.6. The summed E-state index contributed by atoms with van der Waals surface area (Å²) in [6.45, 7) is 1.23. The molecular weight excluding hydrogens is 325 g/mol. The first kappa shape index (κ1) is 16.7. The van der Waals surface area contributed by atoms with Gasteiger partial charge < -0.3 is 10.3 Å². The third-order valence-electron chi connectivity index (χ3n) is 3.15. The molecule has 0 atom stereocenters. The molecule has 0 aliphatic heterocycles. The van der Waals surface area contributed by atoms with Crippen LogP contribution in [0.5, 0.6) is 0 Å². The number of carbonyl (C=O) groups excluding carboxylic acids is 2. The highest BCUT2D eigenvalue weighted by molar-refractivity contribution is 7.92. The Labute approximate surface area is 132 Å². The van der Waals surface area contributed by atoms with Crippen LogP contribution in [-0.4, -0.2) is 24.7 Å². The molecule has 2 aromatic rings. The van der Waals surface area contributed by atoms with Crippen LogP contribution in [0.3, 0.4) is 0 Å². The molecule has 122 valence electrons. The molecule has 0 saturated heterocycles. The standard InChI is InChI=1S/C14H14FN3O4S/c1-8(19)11-4-3-9(15)5-12(11)17-23(21,22)10-6-13(14(16)20)18(2)7-10/h3-7,17H,1-2H3,(H2,16,20). The molecule has 23 heavy (non-hydrogen) atoms. The van der Waals surface area contributed by atoms with Gasteiger partial charge in [-0.05, 0) is 31.2 Å². The largest absolute Gasteiger partial charge is 0.364 e. The second kappa shape index (κ2) is 5.84. The number of sulfonamides is 1. The van der Waals surface area contributed by atoms with Gasteiger partial charge >= 0.3 is 0 Å². The number of rotatable bonds is 5. The van der Waals surface area contributed by atoms with Gasteiger partial charge in [-0.2, -0.15) is 0 Å². The maximum absolute atomic E-state index is 13.4. The zero-order valence-corrected chi connectivity index (χ0v) is 13.1. The molecule has 0 spiro atoms. The highest BCUT2D eigenvalue weighted by Crippen LogP contribution is 2.23. The minimum Gasteiger partial charge on any atom is -0.364 e. The molecule has 7 nitrogen and oxygen atoms in total. The van der Waals surface area contributed by atoms with E-state index in [1.807, 2.05) is 0 Å². The summed E-state index contributed by atoms with van der Waals surface area (Å²) in [5, 5.41) is 0. The highest BCUT2D eigenvalue weighted by atomic mass is 32.2. The van der Waals surface area contributed by atoms with Gasteiger partial charge in [-0.1, -0.05) is 0 Å². The lowest BCUT2D eigenvalue weighted by Crippen LogP contribution is -2.15. The average Bonchev–Trinajstić information content (AvgIpc) is 2.81. The number of nitrogens with zero attached hydrogens (tertiary/aromatic N) is 1. The number of benzene rings is 1. The fourth-order valence-electron chi connectivity index (χ4n) is 2.04. The van der Waals surface area contributed by atoms with Crippen molar-refractivity contribution in [3.8, 4) is 0 Å². The fraction of sp³-hybridized carbons (Fsp3) is 0.143. The Morgan fingerprint density at radius 3 is 2.43 bits per heavy atom. The van der Waals surface area contributed by atoms with Crippen molar-refractivity contribution >= 4 is 27.4 Å². The summed E-state index contributed by atoms with van der Waals surface area (Å²) in [7, 11) is -2.66. The number of Topliss-reactive ketones (excluding diaryl/α,β-unsaturated/α-hetero) is 1. The molecule has 0 bridgehead atoms. The summed E-state index contributed by atoms with van der Waals surface area (Å²) in [5.41, 5.74) is 4.98. The summed E-state index contributed by atoms with van der Waals surface area (Å²) >= 11 is 0. The highest BCUT2D eigenvalue weighted by Gasteiger charge is 2.21. The number of nitrogens with one attached hydrogen (secondary N) is 1. The van der Waals surface area contributed by atoms with Crippen molar-refractivity contribution in [3.63, 3.8) is 0 Å². The van der Waals surface area contributed by atoms with Crippen LogP contribution in [0, 0.1) is 5.82 Å². The first-order valence-corrected chi connectivity index (χ1v) is 7.89. The minimum atomic E-state index is -4.12. The molecule has 2 rings (SSSR count). The molecule has 0 aliphatic carbocycles. The Kier molecular flexibility index (Phi) is 4.24. The fourth-order valence-corrected chi connectivity index (χ4v) is 3.18. The van der Waals surface area contributed by atoms with E-state index in [-0.39, 0.29) is 21.8 Å². The zero-order valence-electron chi connectivity index (χ0n) is 12.3. The van der Waals surface area contributed by atoms with E-state index in [1.165, 1.54) is 30.8 Å². The van der Waals surface area contributed by atoms with E-state index in [1.54, 1.807) is 0 Å². The number of hydrogen-bond acceptors (Lipinski definition) is 4. The molecule has 0 fully saturated rings. The number of hydrogen-bond donors (Lipinski definition) is 2. The van der Waals surface area contributed by atoms with Crippen molar-refractivity contribution < 1.29 is 22.4 Å². The summed E-state index contributed by atoms with van der Waals surface area (Å²) < 4.78 is 41.5. The van der Waals surface area contributed by atoms with Crippen molar-refractivity contribution in [2.75, 3.05) is 4.72 Å². The van der Waals surface area contributed by atoms with Gasteiger partial charge in [-0.3, -0.25) is 14.3 Å². The number of anilines is 1. The Hall–Kier alpha value is -2.68. The smallest absolute Gasteiger partial charge is 0.265 e. The molecular formula is C14H14FN3O4S. The van der Waals surface area contributed by atoms with Gasteiger partial charge in [0, 0.05) is 18.8 Å². The minimum absolute atomic E-state index is 0.00333. The van der Waals surface area contributed by atoms with Crippen molar-refractivity contribution in [1.29, 1.82) is 0 Å². The van der Waals surface area contributed by atoms with Crippen LogP contribution in [0.4, 0.5) is 10.1 Å². The first-order valence-electron chi connectivity index (χ1n) is 6.41. The molecule has 0 unspecified atom stereocenters. The summed E-state index contributed by atoms with van der Waals surface area (Å²) in [6.07, 6.45) is 1.19. The lowest BCUT2D eigenvalue weighted by atomic mass is 10.1. The van der Waals surface area contributed by atoms with E-state index in [2.05, 4.69) is 4.72 Å². The normalized spacial score (nSPS) is 11.3. The number of nitrogens with two attached hydrogens (primary N) is 1. The van der Waals surface area contributed by atoms with Gasteiger partial charge in [0.1, 0.15) is 16.4 Å². The van der Waals surface area contributed by atoms with E-state index < -0.39 is 27.5 Å². The van der Waals surface area contributed by atoms with E-state index in [9.17, 15) is 22.4 Å². The van der Waals surface area contributed by atoms with Gasteiger partial charge in [-0.15, -0.1) is 0 Å². The van der Waals surface area contributed by atoms with Crippen LogP contribution in [0.1, 0.15) is 27.8 Å². The van der Waals surface area contributed by atoms with Crippen LogP contribution in [0.2, 0.25) is 0 Å². The summed E-state index contributed by atoms with van der Waals surface area (Å²) in [5.74, 6) is -1.91. The molecule has 0 aliphatic rings. The van der Waals surface area contributed by atoms with Crippen molar-refractivity contribution in [2.24, 2.45) is 12.8 Å². The summed E-state index contributed by atoms with van der Waals surface area (Å²) in [4.78, 5) is 22.5. The third-order valence-corrected chi connectivity index (χ3v) is 4.48. The average molecular weight is 339 g/mol. The van der Waals surface area contributed by atoms with Crippen molar-refractivity contribution in [2.45, 2.75) is 11.8 Å². The predicted molar refractivity (Wildman–Crippen MR) is 81.1 cm³/mol. The molecule has 3 N–H and O–H groups in total. The van der Waals surface area contributed by atoms with Gasteiger partial charge in [0.05, 0.1) is 5.69 Å². The molecule has 1 heterocycles. The second-order valence-corrected chi connectivity index (χ2v) is 6.57. The Morgan fingerprint density at radius 1 is 1.26 bits per heavy atom. The predicted octanol–water partition coefficient (Wildman–Crippen LogP) is 1.27. The Morgan fingerprint density at radius 2 is 1.91 bits per heavy atom. The SMILES string of the molecule is CC(=O)c1ccc(F)cc1NS(=O)(=O)c1cc(C(N)=O)n(C)c1. The van der Waals surface area contributed by atoms with Gasteiger partial charge in [0.25, 0.3) is 15.9 Å². The number of carbonyl (C=O) groups is 2. The number of amides is 1. The monoisotopic (exact) mass is 339 g/mol. The number of primary amides is 1. The van der Waals surface area contributed by atoms with Gasteiger partial charge in [0.2, 0.25) is 0 Å². The number of aryl methyl sites for hydroxylation is 1. The van der Waals surface area contributed by atoms with Crippen LogP contribution in [-0.2, 0) is 17.1 Å².